The molecule has 1 N–H and O–H groups in total. The zero-order valence-electron chi connectivity index (χ0n) is 14.5. The summed E-state index contributed by atoms with van der Waals surface area (Å²) in [6.07, 6.45) is 0. The lowest BCUT2D eigenvalue weighted by Gasteiger charge is -2.07. The average molecular weight is 393 g/mol. The summed E-state index contributed by atoms with van der Waals surface area (Å²) in [5, 5.41) is 3.63. The number of rotatable bonds is 6. The number of ether oxygens (including phenoxy) is 3. The van der Waals surface area contributed by atoms with Crippen molar-refractivity contribution in [1.29, 1.82) is 0 Å². The lowest BCUT2D eigenvalue weighted by atomic mass is 10.2. The quantitative estimate of drug-likeness (QED) is 0.662. The van der Waals surface area contributed by atoms with E-state index in [2.05, 4.69) is 10.3 Å². The van der Waals surface area contributed by atoms with Gasteiger partial charge in [0.2, 0.25) is 0 Å². The minimum Gasteiger partial charge on any atom is -0.497 e. The maximum Gasteiger partial charge on any atom is 0.257 e. The number of aromatic nitrogens is 1. The van der Waals surface area contributed by atoms with Gasteiger partial charge >= 0.3 is 0 Å². The van der Waals surface area contributed by atoms with Gasteiger partial charge in [-0.2, -0.15) is 0 Å². The van der Waals surface area contributed by atoms with Gasteiger partial charge in [-0.05, 0) is 31.2 Å². The number of hydrogen-bond donors (Lipinski definition) is 1. The fourth-order valence-corrected chi connectivity index (χ4v) is 3.53. The first-order valence-corrected chi connectivity index (χ1v) is 9.01. The number of thiazole rings is 1. The molecule has 0 fully saturated rings. The average Bonchev–Trinajstić information content (AvgIpc) is 3.04. The van der Waals surface area contributed by atoms with Crippen LogP contribution in [0.1, 0.15) is 17.3 Å². The third kappa shape index (κ3) is 3.68. The summed E-state index contributed by atoms with van der Waals surface area (Å²) in [5.74, 6) is 1.48. The number of hydrogen-bond acceptors (Lipinski definition) is 6. The molecule has 0 bridgehead atoms. The first kappa shape index (κ1) is 18.3. The van der Waals surface area contributed by atoms with Gasteiger partial charge in [0, 0.05) is 11.6 Å². The Kier molecular flexibility index (Phi) is 5.49. The van der Waals surface area contributed by atoms with Crippen LogP contribution in [-0.4, -0.2) is 31.7 Å². The zero-order chi connectivity index (χ0) is 18.7. The minimum atomic E-state index is -0.306. The molecule has 26 heavy (non-hydrogen) atoms. The number of methoxy groups -OCH3 is 2. The van der Waals surface area contributed by atoms with Crippen LogP contribution in [0.5, 0.6) is 17.2 Å². The topological polar surface area (TPSA) is 69.7 Å². The van der Waals surface area contributed by atoms with Gasteiger partial charge in [0.25, 0.3) is 5.91 Å². The van der Waals surface area contributed by atoms with Crippen LogP contribution in [0.3, 0.4) is 0 Å². The van der Waals surface area contributed by atoms with E-state index in [1.807, 2.05) is 13.0 Å². The van der Waals surface area contributed by atoms with Crippen LogP contribution in [0.2, 0.25) is 5.02 Å². The maximum absolute atomic E-state index is 12.5. The lowest BCUT2D eigenvalue weighted by molar-refractivity contribution is 0.102. The highest BCUT2D eigenvalue weighted by Crippen LogP contribution is 2.36. The first-order chi connectivity index (χ1) is 12.5. The Morgan fingerprint density at radius 3 is 2.65 bits per heavy atom. The van der Waals surface area contributed by atoms with Crippen LogP contribution in [0.25, 0.3) is 10.2 Å². The number of nitrogens with one attached hydrogen (secondary N) is 1. The standard InChI is InChI=1S/C18H17ClN2O4S/c1-4-25-13-6-5-10(7-12(13)19)17(22)21-18-20-16-14(24-3)8-11(23-2)9-15(16)26-18/h5-9H,4H2,1-3H3,(H,20,21,22). The molecule has 1 heterocycles. The summed E-state index contributed by atoms with van der Waals surface area (Å²) in [4.78, 5) is 16.9. The van der Waals surface area contributed by atoms with E-state index in [0.717, 1.165) is 4.70 Å². The van der Waals surface area contributed by atoms with Gasteiger partial charge in [-0.15, -0.1) is 0 Å². The van der Waals surface area contributed by atoms with E-state index in [0.29, 0.717) is 45.1 Å². The number of amides is 1. The van der Waals surface area contributed by atoms with E-state index < -0.39 is 0 Å². The van der Waals surface area contributed by atoms with E-state index in [1.165, 1.54) is 11.3 Å². The highest BCUT2D eigenvalue weighted by atomic mass is 35.5. The van der Waals surface area contributed by atoms with Gasteiger partial charge in [-0.25, -0.2) is 4.98 Å². The Morgan fingerprint density at radius 1 is 1.19 bits per heavy atom. The van der Waals surface area contributed by atoms with Crippen molar-refractivity contribution in [3.05, 3.63) is 40.9 Å². The molecule has 8 heteroatoms. The molecule has 0 aliphatic carbocycles. The number of halogens is 1. The predicted octanol–water partition coefficient (Wildman–Crippen LogP) is 4.62. The van der Waals surface area contributed by atoms with Crippen molar-refractivity contribution >= 4 is 44.2 Å². The van der Waals surface area contributed by atoms with Crippen LogP contribution in [-0.2, 0) is 0 Å². The van der Waals surface area contributed by atoms with E-state index in [4.69, 9.17) is 25.8 Å². The molecule has 3 aromatic rings. The van der Waals surface area contributed by atoms with Gasteiger partial charge in [-0.3, -0.25) is 10.1 Å². The second kappa shape index (κ2) is 7.80. The summed E-state index contributed by atoms with van der Waals surface area (Å²) in [5.41, 5.74) is 1.08. The fraction of sp³-hybridized carbons (Fsp3) is 0.222. The molecule has 0 atom stereocenters. The van der Waals surface area contributed by atoms with E-state index in [1.54, 1.807) is 38.5 Å². The summed E-state index contributed by atoms with van der Waals surface area (Å²) in [6.45, 7) is 2.37. The van der Waals surface area contributed by atoms with Crippen LogP contribution in [0, 0.1) is 0 Å². The Morgan fingerprint density at radius 2 is 2.00 bits per heavy atom. The predicted molar refractivity (Wildman–Crippen MR) is 103 cm³/mol. The van der Waals surface area contributed by atoms with Gasteiger partial charge < -0.3 is 14.2 Å². The van der Waals surface area contributed by atoms with Crippen LogP contribution in [0.15, 0.2) is 30.3 Å². The largest absolute Gasteiger partial charge is 0.497 e. The SMILES string of the molecule is CCOc1ccc(C(=O)Nc2nc3c(OC)cc(OC)cc3s2)cc1Cl. The molecule has 0 radical (unpaired) electrons. The van der Waals surface area contributed by atoms with Crippen molar-refractivity contribution in [2.45, 2.75) is 6.92 Å². The third-order valence-corrected chi connectivity index (χ3v) is 4.82. The van der Waals surface area contributed by atoms with Crippen LogP contribution in [0.4, 0.5) is 5.13 Å². The summed E-state index contributed by atoms with van der Waals surface area (Å²) in [7, 11) is 3.15. The molecule has 1 amide bonds. The molecule has 6 nitrogen and oxygen atoms in total. The first-order valence-electron chi connectivity index (χ1n) is 7.82. The van der Waals surface area contributed by atoms with E-state index in [9.17, 15) is 4.79 Å². The molecular formula is C18H17ClN2O4S. The molecule has 0 unspecified atom stereocenters. The molecule has 0 aliphatic heterocycles. The van der Waals surface area contributed by atoms with Gasteiger partial charge in [0.15, 0.2) is 5.13 Å². The highest BCUT2D eigenvalue weighted by molar-refractivity contribution is 7.22. The molecule has 1 aromatic heterocycles. The van der Waals surface area contributed by atoms with Gasteiger partial charge in [0.1, 0.15) is 22.8 Å². The third-order valence-electron chi connectivity index (χ3n) is 3.60. The lowest BCUT2D eigenvalue weighted by Crippen LogP contribution is -2.11. The Bertz CT molecular complexity index is 958. The van der Waals surface area contributed by atoms with Gasteiger partial charge in [0.05, 0.1) is 30.5 Å². The molecule has 0 spiro atoms. The molecule has 0 aliphatic rings. The van der Waals surface area contributed by atoms with Crippen LogP contribution < -0.4 is 19.5 Å². The fourth-order valence-electron chi connectivity index (χ4n) is 2.39. The Hall–Kier alpha value is -2.51. The number of nitrogens with zero attached hydrogens (tertiary/aromatic N) is 1. The smallest absolute Gasteiger partial charge is 0.257 e. The number of carbonyl (C=O) groups excluding carboxylic acids is 1. The minimum absolute atomic E-state index is 0.306. The van der Waals surface area contributed by atoms with Crippen molar-refractivity contribution in [2.75, 3.05) is 26.1 Å². The van der Waals surface area contributed by atoms with Crippen molar-refractivity contribution in [3.8, 4) is 17.2 Å². The number of benzene rings is 2. The molecule has 0 saturated carbocycles. The van der Waals surface area contributed by atoms with Gasteiger partial charge in [-0.1, -0.05) is 22.9 Å². The van der Waals surface area contributed by atoms with Crippen LogP contribution >= 0.6 is 22.9 Å². The monoisotopic (exact) mass is 392 g/mol. The second-order valence-electron chi connectivity index (χ2n) is 5.23. The Labute approximate surface area is 159 Å². The number of carbonyl (C=O) groups is 1. The zero-order valence-corrected chi connectivity index (χ0v) is 16.0. The van der Waals surface area contributed by atoms with E-state index >= 15 is 0 Å². The molecule has 136 valence electrons. The van der Waals surface area contributed by atoms with E-state index in [-0.39, 0.29) is 5.91 Å². The summed E-state index contributed by atoms with van der Waals surface area (Å²) >= 11 is 7.48. The van der Waals surface area contributed by atoms with Crippen molar-refractivity contribution in [3.63, 3.8) is 0 Å². The number of anilines is 1. The maximum atomic E-state index is 12.5. The highest BCUT2D eigenvalue weighted by Gasteiger charge is 2.15. The number of fused-ring (bicyclic) bond motifs is 1. The molecular weight excluding hydrogens is 376 g/mol. The second-order valence-corrected chi connectivity index (χ2v) is 6.67. The Balaban J connectivity index is 1.86. The summed E-state index contributed by atoms with van der Waals surface area (Å²) < 4.78 is 16.8. The molecule has 0 saturated heterocycles. The summed E-state index contributed by atoms with van der Waals surface area (Å²) in [6, 6.07) is 8.49. The van der Waals surface area contributed by atoms with Crippen molar-refractivity contribution < 1.29 is 19.0 Å². The van der Waals surface area contributed by atoms with Crippen molar-refractivity contribution in [1.82, 2.24) is 4.98 Å². The molecule has 3 rings (SSSR count). The molecule has 2 aromatic carbocycles. The normalized spacial score (nSPS) is 10.6. The van der Waals surface area contributed by atoms with Crippen molar-refractivity contribution in [2.24, 2.45) is 0 Å².